The minimum atomic E-state index is -0.189. The molecule has 2 aromatic rings. The van der Waals surface area contributed by atoms with Gasteiger partial charge >= 0.3 is 0 Å². The second-order valence-electron chi connectivity index (χ2n) is 7.42. The summed E-state index contributed by atoms with van der Waals surface area (Å²) in [6.07, 6.45) is 1.84. The first-order valence-electron chi connectivity index (χ1n) is 9.61. The Morgan fingerprint density at radius 1 is 1.25 bits per heavy atom. The number of aryl methyl sites for hydroxylation is 3. The number of hydrogen-bond donors (Lipinski definition) is 2. The normalized spacial score (nSPS) is 22.1. The van der Waals surface area contributed by atoms with Crippen LogP contribution in [0.4, 0.5) is 0 Å². The van der Waals surface area contributed by atoms with E-state index in [9.17, 15) is 9.59 Å². The summed E-state index contributed by atoms with van der Waals surface area (Å²) in [4.78, 5) is 27.5. The molecule has 2 N–H and O–H groups in total. The van der Waals surface area contributed by atoms with Gasteiger partial charge in [-0.1, -0.05) is 0 Å². The van der Waals surface area contributed by atoms with Gasteiger partial charge in [-0.05, 0) is 58.2 Å². The maximum absolute atomic E-state index is 12.6. The van der Waals surface area contributed by atoms with Gasteiger partial charge < -0.3 is 19.8 Å². The lowest BCUT2D eigenvalue weighted by Crippen LogP contribution is -2.49. The molecule has 28 heavy (non-hydrogen) atoms. The molecule has 1 saturated carbocycles. The Morgan fingerprint density at radius 3 is 2.64 bits per heavy atom. The lowest BCUT2D eigenvalue weighted by atomic mass is 9.83. The number of furan rings is 1. The van der Waals surface area contributed by atoms with E-state index < -0.39 is 0 Å². The molecule has 7 heteroatoms. The van der Waals surface area contributed by atoms with Crippen molar-refractivity contribution < 1.29 is 18.7 Å². The standard InChI is InChI=1S/C21H28N2O4S/c1-12-9-17(14(3)27-12)21(25)23-18-8-6-15(10-19(18)26-4)20(24)22-11-16-7-5-13(2)28-16/h5,7,9,15,18-19H,6,8,10-11H2,1-4H3,(H,22,24)(H,23,25)/t15-,18-,19-/m0/s1. The van der Waals surface area contributed by atoms with Gasteiger partial charge in [-0.3, -0.25) is 9.59 Å². The Morgan fingerprint density at radius 2 is 2.04 bits per heavy atom. The molecule has 2 aromatic heterocycles. The third kappa shape index (κ3) is 4.83. The summed E-state index contributed by atoms with van der Waals surface area (Å²) in [6, 6.07) is 5.74. The highest BCUT2D eigenvalue weighted by Crippen LogP contribution is 2.28. The fourth-order valence-electron chi connectivity index (χ4n) is 3.79. The number of hydrogen-bond acceptors (Lipinski definition) is 5. The molecular weight excluding hydrogens is 376 g/mol. The predicted octanol–water partition coefficient (Wildman–Crippen LogP) is 3.50. The van der Waals surface area contributed by atoms with Crippen LogP contribution in [0.3, 0.4) is 0 Å². The van der Waals surface area contributed by atoms with Gasteiger partial charge in [0.15, 0.2) is 0 Å². The third-order valence-electron chi connectivity index (χ3n) is 5.30. The summed E-state index contributed by atoms with van der Waals surface area (Å²) in [7, 11) is 1.63. The van der Waals surface area contributed by atoms with E-state index in [1.54, 1.807) is 31.4 Å². The fraction of sp³-hybridized carbons (Fsp3) is 0.524. The first kappa shape index (κ1) is 20.6. The van der Waals surface area contributed by atoms with E-state index in [2.05, 4.69) is 23.6 Å². The molecule has 0 bridgehead atoms. The van der Waals surface area contributed by atoms with Crippen LogP contribution in [0.5, 0.6) is 0 Å². The summed E-state index contributed by atoms with van der Waals surface area (Å²) in [5, 5.41) is 6.09. The average Bonchev–Trinajstić information content (AvgIpc) is 3.24. The molecule has 0 radical (unpaired) electrons. The number of amides is 2. The molecule has 2 amide bonds. The monoisotopic (exact) mass is 404 g/mol. The van der Waals surface area contributed by atoms with Crippen LogP contribution in [-0.2, 0) is 16.1 Å². The molecule has 1 aliphatic carbocycles. The molecule has 0 aromatic carbocycles. The van der Waals surface area contributed by atoms with Crippen molar-refractivity contribution in [1.82, 2.24) is 10.6 Å². The Hall–Kier alpha value is -2.12. The van der Waals surface area contributed by atoms with Crippen molar-refractivity contribution in [3.8, 4) is 0 Å². The van der Waals surface area contributed by atoms with Crippen molar-refractivity contribution in [3.05, 3.63) is 45.0 Å². The van der Waals surface area contributed by atoms with E-state index in [4.69, 9.17) is 9.15 Å². The molecule has 3 atom stereocenters. The van der Waals surface area contributed by atoms with E-state index in [1.165, 1.54) is 4.88 Å². The van der Waals surface area contributed by atoms with Crippen molar-refractivity contribution in [1.29, 1.82) is 0 Å². The number of thiophene rings is 1. The molecule has 0 aliphatic heterocycles. The molecule has 3 rings (SSSR count). The first-order chi connectivity index (χ1) is 13.4. The first-order valence-corrected chi connectivity index (χ1v) is 10.4. The third-order valence-corrected chi connectivity index (χ3v) is 6.30. The zero-order chi connectivity index (χ0) is 20.3. The van der Waals surface area contributed by atoms with Crippen LogP contribution in [0.15, 0.2) is 22.6 Å². The van der Waals surface area contributed by atoms with Gasteiger partial charge in [-0.25, -0.2) is 0 Å². The van der Waals surface area contributed by atoms with Crippen molar-refractivity contribution in [2.45, 2.75) is 58.7 Å². The van der Waals surface area contributed by atoms with E-state index >= 15 is 0 Å². The van der Waals surface area contributed by atoms with Crippen LogP contribution in [0.2, 0.25) is 0 Å². The fourth-order valence-corrected chi connectivity index (χ4v) is 4.62. The van der Waals surface area contributed by atoms with Gasteiger partial charge in [0.25, 0.3) is 5.91 Å². The zero-order valence-electron chi connectivity index (χ0n) is 16.8. The van der Waals surface area contributed by atoms with Crippen LogP contribution in [-0.4, -0.2) is 31.1 Å². The summed E-state index contributed by atoms with van der Waals surface area (Å²) in [5.74, 6) is 1.13. The summed E-state index contributed by atoms with van der Waals surface area (Å²) in [6.45, 7) is 6.22. The molecule has 2 heterocycles. The maximum atomic E-state index is 12.6. The van der Waals surface area contributed by atoms with Crippen LogP contribution in [0, 0.1) is 26.7 Å². The van der Waals surface area contributed by atoms with E-state index in [1.807, 2.05) is 13.0 Å². The number of methoxy groups -OCH3 is 1. The molecule has 152 valence electrons. The Balaban J connectivity index is 1.54. The highest BCUT2D eigenvalue weighted by Gasteiger charge is 2.35. The second kappa shape index (κ2) is 8.92. The van der Waals surface area contributed by atoms with Gasteiger partial charge in [0.1, 0.15) is 11.5 Å². The van der Waals surface area contributed by atoms with Crippen molar-refractivity contribution in [3.63, 3.8) is 0 Å². The lowest BCUT2D eigenvalue weighted by Gasteiger charge is -2.35. The molecule has 0 unspecified atom stereocenters. The van der Waals surface area contributed by atoms with Gasteiger partial charge in [0, 0.05) is 22.8 Å². The molecular formula is C21H28N2O4S. The topological polar surface area (TPSA) is 80.6 Å². The molecule has 0 spiro atoms. The van der Waals surface area contributed by atoms with Gasteiger partial charge in [0.05, 0.1) is 24.3 Å². The van der Waals surface area contributed by atoms with Crippen molar-refractivity contribution in [2.24, 2.45) is 5.92 Å². The summed E-state index contributed by atoms with van der Waals surface area (Å²) < 4.78 is 11.1. The lowest BCUT2D eigenvalue weighted by molar-refractivity contribution is -0.128. The molecule has 6 nitrogen and oxygen atoms in total. The number of carbonyl (C=O) groups excluding carboxylic acids is 2. The van der Waals surface area contributed by atoms with Gasteiger partial charge in [-0.2, -0.15) is 0 Å². The number of rotatable bonds is 6. The Kier molecular flexibility index (Phi) is 6.57. The SMILES string of the molecule is CO[C@H]1C[C@@H](C(=O)NCc2ccc(C)s2)CC[C@@H]1NC(=O)c1cc(C)oc1C. The quantitative estimate of drug-likeness (QED) is 0.772. The maximum Gasteiger partial charge on any atom is 0.255 e. The summed E-state index contributed by atoms with van der Waals surface area (Å²) >= 11 is 1.69. The number of ether oxygens (including phenoxy) is 1. The largest absolute Gasteiger partial charge is 0.466 e. The van der Waals surface area contributed by atoms with Crippen molar-refractivity contribution >= 4 is 23.2 Å². The van der Waals surface area contributed by atoms with E-state index in [0.717, 1.165) is 11.3 Å². The van der Waals surface area contributed by atoms with E-state index in [-0.39, 0.29) is 29.9 Å². The highest BCUT2D eigenvalue weighted by molar-refractivity contribution is 7.11. The molecule has 0 saturated heterocycles. The van der Waals surface area contributed by atoms with Crippen LogP contribution >= 0.6 is 11.3 Å². The molecule has 1 fully saturated rings. The van der Waals surface area contributed by atoms with Crippen molar-refractivity contribution in [2.75, 3.05) is 7.11 Å². The number of carbonyl (C=O) groups is 2. The smallest absolute Gasteiger partial charge is 0.255 e. The Labute approximate surface area is 169 Å². The molecule has 1 aliphatic rings. The minimum absolute atomic E-state index is 0.0548. The van der Waals surface area contributed by atoms with Gasteiger partial charge in [0.2, 0.25) is 5.91 Å². The van der Waals surface area contributed by atoms with Crippen LogP contribution < -0.4 is 10.6 Å². The van der Waals surface area contributed by atoms with E-state index in [0.29, 0.717) is 36.5 Å². The van der Waals surface area contributed by atoms with Gasteiger partial charge in [-0.15, -0.1) is 11.3 Å². The predicted molar refractivity (Wildman–Crippen MR) is 108 cm³/mol. The summed E-state index contributed by atoms with van der Waals surface area (Å²) in [5.41, 5.74) is 0.554. The highest BCUT2D eigenvalue weighted by atomic mass is 32.1. The van der Waals surface area contributed by atoms with Crippen LogP contribution in [0.1, 0.15) is 50.9 Å². The van der Waals surface area contributed by atoms with Crippen LogP contribution in [0.25, 0.3) is 0 Å². The Bertz CT molecular complexity index is 841. The number of nitrogens with one attached hydrogen (secondary N) is 2. The minimum Gasteiger partial charge on any atom is -0.466 e. The second-order valence-corrected chi connectivity index (χ2v) is 8.79. The zero-order valence-corrected chi connectivity index (χ0v) is 17.7. The average molecular weight is 405 g/mol.